The fourth-order valence-electron chi connectivity index (χ4n) is 2.70. The molecule has 24 heavy (non-hydrogen) atoms. The number of rotatable bonds is 3. The van der Waals surface area contributed by atoms with Crippen molar-refractivity contribution in [1.82, 2.24) is 10.3 Å². The Hall–Kier alpha value is -2.19. The molecule has 0 unspecified atom stereocenters. The molecule has 3 rings (SSSR count). The molecule has 124 valence electrons. The molecule has 0 saturated heterocycles. The number of hydrogen-bond donors (Lipinski definition) is 1. The summed E-state index contributed by atoms with van der Waals surface area (Å²) in [4.78, 5) is 18.0. The van der Waals surface area contributed by atoms with Crippen LogP contribution in [0.15, 0.2) is 24.3 Å². The minimum Gasteiger partial charge on any atom is -0.342 e. The molecule has 1 aliphatic carbocycles. The number of carbonyl (C=O) groups excluding carboxylic acids is 1. The predicted octanol–water partition coefficient (Wildman–Crippen LogP) is 4.04. The van der Waals surface area contributed by atoms with E-state index in [4.69, 9.17) is 5.26 Å². The van der Waals surface area contributed by atoms with Crippen molar-refractivity contribution in [2.75, 3.05) is 0 Å². The summed E-state index contributed by atoms with van der Waals surface area (Å²) in [6.07, 6.45) is 1.80. The van der Waals surface area contributed by atoms with Gasteiger partial charge in [-0.2, -0.15) is 5.26 Å². The normalized spacial score (nSPS) is 15.6. The minimum absolute atomic E-state index is 0.0631. The zero-order chi connectivity index (χ0) is 17.5. The van der Waals surface area contributed by atoms with Crippen LogP contribution in [-0.4, -0.2) is 10.9 Å². The number of carbonyl (C=O) groups is 1. The number of nitrogens with one attached hydrogen (secondary N) is 1. The van der Waals surface area contributed by atoms with E-state index >= 15 is 0 Å². The van der Waals surface area contributed by atoms with Crippen LogP contribution >= 0.6 is 11.3 Å². The first-order valence-corrected chi connectivity index (χ1v) is 8.88. The summed E-state index contributed by atoms with van der Waals surface area (Å²) in [5.74, 6) is -0.0691. The lowest BCUT2D eigenvalue weighted by atomic mass is 9.98. The largest absolute Gasteiger partial charge is 0.342 e. The quantitative estimate of drug-likeness (QED) is 0.918. The van der Waals surface area contributed by atoms with Gasteiger partial charge in [0, 0.05) is 5.41 Å². The molecule has 0 spiro atoms. The summed E-state index contributed by atoms with van der Waals surface area (Å²) in [5, 5.41) is 13.2. The maximum Gasteiger partial charge on any atom is 0.263 e. The molecular weight excluding hydrogens is 318 g/mol. The molecular formula is C19H21N3OS. The highest BCUT2D eigenvalue weighted by atomic mass is 32.1. The lowest BCUT2D eigenvalue weighted by molar-refractivity contribution is 0.0934. The van der Waals surface area contributed by atoms with Crippen molar-refractivity contribution in [3.05, 3.63) is 51.0 Å². The van der Waals surface area contributed by atoms with Crippen LogP contribution in [-0.2, 0) is 11.0 Å². The van der Waals surface area contributed by atoms with Crippen molar-refractivity contribution in [2.24, 2.45) is 0 Å². The maximum absolute atomic E-state index is 12.8. The number of hydrogen-bond acceptors (Lipinski definition) is 4. The lowest BCUT2D eigenvalue weighted by Crippen LogP contribution is -2.34. The van der Waals surface area contributed by atoms with E-state index in [1.165, 1.54) is 11.3 Å². The van der Waals surface area contributed by atoms with Gasteiger partial charge in [0.1, 0.15) is 4.88 Å². The molecule has 0 radical (unpaired) electrons. The van der Waals surface area contributed by atoms with E-state index in [-0.39, 0.29) is 16.9 Å². The molecule has 0 atom stereocenters. The molecule has 1 aliphatic rings. The second-order valence-electron chi connectivity index (χ2n) is 7.41. The molecule has 5 heteroatoms. The smallest absolute Gasteiger partial charge is 0.263 e. The number of nitriles is 1. The van der Waals surface area contributed by atoms with Crippen LogP contribution < -0.4 is 5.32 Å². The molecule has 0 aliphatic heterocycles. The van der Waals surface area contributed by atoms with Crippen molar-refractivity contribution in [2.45, 2.75) is 51.5 Å². The summed E-state index contributed by atoms with van der Waals surface area (Å²) in [6.45, 7) is 8.19. The van der Waals surface area contributed by atoms with Gasteiger partial charge in [-0.15, -0.1) is 11.3 Å². The summed E-state index contributed by atoms with van der Waals surface area (Å²) < 4.78 is 0. The summed E-state index contributed by atoms with van der Waals surface area (Å²) in [7, 11) is 0. The molecule has 1 amide bonds. The van der Waals surface area contributed by atoms with Gasteiger partial charge < -0.3 is 5.32 Å². The van der Waals surface area contributed by atoms with Gasteiger partial charge in [0.2, 0.25) is 0 Å². The molecule has 0 bridgehead atoms. The monoisotopic (exact) mass is 339 g/mol. The van der Waals surface area contributed by atoms with E-state index in [1.807, 2.05) is 25.1 Å². The Morgan fingerprint density at radius 2 is 2.08 bits per heavy atom. The molecule has 1 aromatic carbocycles. The van der Waals surface area contributed by atoms with Crippen molar-refractivity contribution in [3.8, 4) is 6.07 Å². The van der Waals surface area contributed by atoms with Gasteiger partial charge in [-0.3, -0.25) is 4.79 Å². The van der Waals surface area contributed by atoms with Gasteiger partial charge in [0.15, 0.2) is 0 Å². The van der Waals surface area contributed by atoms with Crippen LogP contribution in [0.4, 0.5) is 0 Å². The summed E-state index contributed by atoms with van der Waals surface area (Å²) in [6, 6.07) is 9.66. The zero-order valence-corrected chi connectivity index (χ0v) is 15.3. The second-order valence-corrected chi connectivity index (χ2v) is 8.41. The molecule has 4 nitrogen and oxygen atoms in total. The van der Waals surface area contributed by atoms with Crippen LogP contribution in [0.2, 0.25) is 0 Å². The molecule has 1 aromatic heterocycles. The van der Waals surface area contributed by atoms with Gasteiger partial charge in [0.25, 0.3) is 5.91 Å². The third kappa shape index (κ3) is 3.07. The van der Waals surface area contributed by atoms with E-state index in [1.54, 1.807) is 6.07 Å². The van der Waals surface area contributed by atoms with Crippen molar-refractivity contribution in [3.63, 3.8) is 0 Å². The number of aryl methyl sites for hydroxylation is 1. The van der Waals surface area contributed by atoms with Crippen LogP contribution in [0.5, 0.6) is 0 Å². The first-order valence-electron chi connectivity index (χ1n) is 8.06. The molecule has 1 heterocycles. The highest BCUT2D eigenvalue weighted by Gasteiger charge is 2.46. The van der Waals surface area contributed by atoms with Gasteiger partial charge in [0.05, 0.1) is 27.9 Å². The van der Waals surface area contributed by atoms with Gasteiger partial charge in [-0.25, -0.2) is 4.98 Å². The number of nitrogens with zero attached hydrogens (tertiary/aromatic N) is 2. The predicted molar refractivity (Wildman–Crippen MR) is 95.1 cm³/mol. The minimum atomic E-state index is -0.331. The number of amides is 1. The van der Waals surface area contributed by atoms with Gasteiger partial charge in [-0.1, -0.05) is 32.9 Å². The highest BCUT2D eigenvalue weighted by molar-refractivity contribution is 7.14. The Bertz CT molecular complexity index is 835. The molecule has 1 N–H and O–H groups in total. The van der Waals surface area contributed by atoms with Crippen molar-refractivity contribution >= 4 is 17.2 Å². The number of aromatic nitrogens is 1. The van der Waals surface area contributed by atoms with Crippen molar-refractivity contribution < 1.29 is 4.79 Å². The Kier molecular flexibility index (Phi) is 3.97. The van der Waals surface area contributed by atoms with Crippen LogP contribution in [0.1, 0.15) is 65.1 Å². The first-order chi connectivity index (χ1) is 11.2. The molecule has 1 fully saturated rings. The second kappa shape index (κ2) is 5.71. The average Bonchev–Trinajstić information content (AvgIpc) is 3.19. The fourth-order valence-corrected chi connectivity index (χ4v) is 3.72. The fraction of sp³-hybridized carbons (Fsp3) is 0.421. The Labute approximate surface area is 146 Å². The SMILES string of the molecule is Cc1nc(C(C)(C)C)sc1C(=O)NC1(c2cccc(C#N)c2)CC1. The van der Waals surface area contributed by atoms with Crippen LogP contribution in [0.25, 0.3) is 0 Å². The standard InChI is InChI=1S/C19H21N3OS/c1-12-15(24-17(21-12)18(2,3)4)16(23)22-19(8-9-19)14-7-5-6-13(10-14)11-20/h5-7,10H,8-9H2,1-4H3,(H,22,23). The molecule has 1 saturated carbocycles. The highest BCUT2D eigenvalue weighted by Crippen LogP contribution is 2.46. The first kappa shape index (κ1) is 16.7. The average molecular weight is 339 g/mol. The Morgan fingerprint density at radius 1 is 1.38 bits per heavy atom. The van der Waals surface area contributed by atoms with Gasteiger partial charge in [-0.05, 0) is 37.5 Å². The maximum atomic E-state index is 12.8. The number of benzene rings is 1. The van der Waals surface area contributed by atoms with Gasteiger partial charge >= 0.3 is 0 Å². The van der Waals surface area contributed by atoms with Crippen LogP contribution in [0, 0.1) is 18.3 Å². The van der Waals surface area contributed by atoms with E-state index < -0.39 is 0 Å². The Balaban J connectivity index is 1.85. The third-order valence-electron chi connectivity index (χ3n) is 4.29. The van der Waals surface area contributed by atoms with E-state index in [0.29, 0.717) is 10.4 Å². The number of thiazole rings is 1. The van der Waals surface area contributed by atoms with Crippen molar-refractivity contribution in [1.29, 1.82) is 5.26 Å². The van der Waals surface area contributed by atoms with E-state index in [0.717, 1.165) is 29.1 Å². The lowest BCUT2D eigenvalue weighted by Gasteiger charge is -2.18. The Morgan fingerprint density at radius 3 is 2.62 bits per heavy atom. The van der Waals surface area contributed by atoms with E-state index in [9.17, 15) is 4.79 Å². The van der Waals surface area contributed by atoms with Crippen LogP contribution in [0.3, 0.4) is 0 Å². The zero-order valence-electron chi connectivity index (χ0n) is 14.4. The van der Waals surface area contributed by atoms with E-state index in [2.05, 4.69) is 37.1 Å². The summed E-state index contributed by atoms with van der Waals surface area (Å²) >= 11 is 1.47. The summed E-state index contributed by atoms with van der Waals surface area (Å²) in [5.41, 5.74) is 2.02. The molecule has 2 aromatic rings. The third-order valence-corrected chi connectivity index (χ3v) is 5.87. The topological polar surface area (TPSA) is 65.8 Å².